The highest BCUT2D eigenvalue weighted by atomic mass is 16.5. The molecule has 0 aliphatic rings. The van der Waals surface area contributed by atoms with Crippen LogP contribution in [0.5, 0.6) is 0 Å². The Balaban J connectivity index is 3.11. The zero-order chi connectivity index (χ0) is 7.98. The lowest BCUT2D eigenvalue weighted by atomic mass is 10.3. The van der Waals surface area contributed by atoms with Crippen molar-refractivity contribution in [3.05, 3.63) is 0 Å². The molecule has 3 N–H and O–H groups in total. The fourth-order valence-corrected chi connectivity index (χ4v) is 0.415. The first-order valence-corrected chi connectivity index (χ1v) is 3.22. The fourth-order valence-electron chi connectivity index (χ4n) is 0.415. The first-order valence-electron chi connectivity index (χ1n) is 3.22. The Kier molecular flexibility index (Phi) is 4.88. The van der Waals surface area contributed by atoms with Gasteiger partial charge in [-0.25, -0.2) is 4.79 Å². The Morgan fingerprint density at radius 2 is 2.40 bits per heavy atom. The third-order valence-electron chi connectivity index (χ3n) is 1.08. The van der Waals surface area contributed by atoms with Crippen molar-refractivity contribution in [3.63, 3.8) is 0 Å². The molecule has 0 bridgehead atoms. The molecule has 0 saturated heterocycles. The zero-order valence-corrected chi connectivity index (χ0v) is 6.04. The summed E-state index contributed by atoms with van der Waals surface area (Å²) in [6.07, 6.45) is 0.805. The lowest BCUT2D eigenvalue weighted by molar-refractivity contribution is -0.142. The minimum atomic E-state index is -0.955. The molecular weight excluding hydrogens is 134 g/mol. The van der Waals surface area contributed by atoms with Crippen molar-refractivity contribution in [1.82, 2.24) is 0 Å². The van der Waals surface area contributed by atoms with Crippen LogP contribution in [0.25, 0.3) is 0 Å². The predicted molar refractivity (Wildman–Crippen MR) is 36.7 cm³/mol. The summed E-state index contributed by atoms with van der Waals surface area (Å²) in [5.41, 5.74) is 5.44. The molecule has 0 aliphatic carbocycles. The van der Waals surface area contributed by atoms with Gasteiger partial charge in [-0.2, -0.15) is 0 Å². The normalized spacial score (nSPS) is 13.0. The van der Waals surface area contributed by atoms with Gasteiger partial charge in [0.25, 0.3) is 0 Å². The van der Waals surface area contributed by atoms with Crippen LogP contribution >= 0.6 is 0 Å². The van der Waals surface area contributed by atoms with Crippen LogP contribution in [0.1, 0.15) is 13.3 Å². The second-order valence-electron chi connectivity index (χ2n) is 2.08. The van der Waals surface area contributed by atoms with E-state index < -0.39 is 5.97 Å². The standard InChI is InChI=1S/C6H13NO3/c1-2-5(7)3-10-4-6(8)9/h5H,2-4,7H2,1H3,(H,8,9)/t5-/m1/s1. The third kappa shape index (κ3) is 5.53. The molecule has 0 heterocycles. The number of carboxylic acids is 1. The molecule has 0 saturated carbocycles. The molecule has 0 rings (SSSR count). The summed E-state index contributed by atoms with van der Waals surface area (Å²) in [5, 5.41) is 8.13. The van der Waals surface area contributed by atoms with E-state index in [1.165, 1.54) is 0 Å². The molecule has 60 valence electrons. The minimum absolute atomic E-state index is 0.0423. The Morgan fingerprint density at radius 3 is 2.80 bits per heavy atom. The van der Waals surface area contributed by atoms with Crippen molar-refractivity contribution in [2.45, 2.75) is 19.4 Å². The molecule has 0 amide bonds. The van der Waals surface area contributed by atoms with Crippen molar-refractivity contribution in [2.24, 2.45) is 5.73 Å². The van der Waals surface area contributed by atoms with Gasteiger partial charge < -0.3 is 15.6 Å². The van der Waals surface area contributed by atoms with Crippen LogP contribution in [0, 0.1) is 0 Å². The maximum absolute atomic E-state index is 9.90. The smallest absolute Gasteiger partial charge is 0.329 e. The molecule has 0 unspecified atom stereocenters. The summed E-state index contributed by atoms with van der Waals surface area (Å²) < 4.78 is 4.72. The fraction of sp³-hybridized carbons (Fsp3) is 0.833. The maximum Gasteiger partial charge on any atom is 0.329 e. The van der Waals surface area contributed by atoms with Gasteiger partial charge in [0.05, 0.1) is 6.61 Å². The van der Waals surface area contributed by atoms with E-state index in [9.17, 15) is 4.79 Å². The third-order valence-corrected chi connectivity index (χ3v) is 1.08. The Morgan fingerprint density at radius 1 is 1.80 bits per heavy atom. The lowest BCUT2D eigenvalue weighted by Crippen LogP contribution is -2.26. The molecule has 10 heavy (non-hydrogen) atoms. The van der Waals surface area contributed by atoms with Crippen molar-refractivity contribution in [1.29, 1.82) is 0 Å². The average Bonchev–Trinajstić information content (AvgIpc) is 1.87. The Labute approximate surface area is 60.0 Å². The monoisotopic (exact) mass is 147 g/mol. The van der Waals surface area contributed by atoms with Gasteiger partial charge >= 0.3 is 5.97 Å². The highest BCUT2D eigenvalue weighted by Gasteiger charge is 2.00. The van der Waals surface area contributed by atoms with Crippen molar-refractivity contribution in [3.8, 4) is 0 Å². The van der Waals surface area contributed by atoms with Crippen LogP contribution in [0.15, 0.2) is 0 Å². The maximum atomic E-state index is 9.90. The van der Waals surface area contributed by atoms with Crippen LogP contribution in [0.3, 0.4) is 0 Å². The van der Waals surface area contributed by atoms with E-state index >= 15 is 0 Å². The van der Waals surface area contributed by atoms with Gasteiger partial charge in [0.15, 0.2) is 0 Å². The molecule has 0 aromatic carbocycles. The van der Waals surface area contributed by atoms with Gasteiger partial charge in [0.1, 0.15) is 6.61 Å². The van der Waals surface area contributed by atoms with Gasteiger partial charge in [0, 0.05) is 6.04 Å². The number of rotatable bonds is 5. The zero-order valence-electron chi connectivity index (χ0n) is 6.04. The molecular formula is C6H13NO3. The van der Waals surface area contributed by atoms with Crippen LogP contribution in [-0.2, 0) is 9.53 Å². The van der Waals surface area contributed by atoms with E-state index in [0.717, 1.165) is 6.42 Å². The highest BCUT2D eigenvalue weighted by molar-refractivity contribution is 5.67. The van der Waals surface area contributed by atoms with Crippen LogP contribution in [0.2, 0.25) is 0 Å². The van der Waals surface area contributed by atoms with Crippen LogP contribution in [0.4, 0.5) is 0 Å². The topological polar surface area (TPSA) is 72.5 Å². The number of carbonyl (C=O) groups is 1. The van der Waals surface area contributed by atoms with Gasteiger partial charge in [-0.1, -0.05) is 6.92 Å². The van der Waals surface area contributed by atoms with Crippen LogP contribution < -0.4 is 5.73 Å². The molecule has 4 nitrogen and oxygen atoms in total. The molecule has 0 aromatic rings. The SMILES string of the molecule is CC[C@@H](N)COCC(=O)O. The molecule has 1 atom stereocenters. The summed E-state index contributed by atoms with van der Waals surface area (Å²) in [6.45, 7) is 1.99. The van der Waals surface area contributed by atoms with E-state index in [-0.39, 0.29) is 12.6 Å². The number of nitrogens with two attached hydrogens (primary N) is 1. The predicted octanol–water partition coefficient (Wildman–Crippen LogP) is -0.175. The molecule has 0 spiro atoms. The number of aliphatic carboxylic acids is 1. The van der Waals surface area contributed by atoms with E-state index in [0.29, 0.717) is 6.61 Å². The molecule has 0 fully saturated rings. The van der Waals surface area contributed by atoms with Gasteiger partial charge in [-0.3, -0.25) is 0 Å². The first kappa shape index (κ1) is 9.39. The van der Waals surface area contributed by atoms with Crippen molar-refractivity contribution >= 4 is 5.97 Å². The molecule has 0 radical (unpaired) electrons. The van der Waals surface area contributed by atoms with E-state index in [4.69, 9.17) is 15.6 Å². The molecule has 0 aromatic heterocycles. The first-order chi connectivity index (χ1) is 4.66. The summed E-state index contributed by atoms with van der Waals surface area (Å²) in [5.74, 6) is -0.955. The number of hydrogen-bond acceptors (Lipinski definition) is 3. The van der Waals surface area contributed by atoms with E-state index in [1.54, 1.807) is 0 Å². The summed E-state index contributed by atoms with van der Waals surface area (Å²) in [6, 6.07) is -0.0423. The van der Waals surface area contributed by atoms with Crippen molar-refractivity contribution < 1.29 is 14.6 Å². The summed E-state index contributed by atoms with van der Waals surface area (Å²) >= 11 is 0. The second-order valence-corrected chi connectivity index (χ2v) is 2.08. The molecule has 0 aliphatic heterocycles. The van der Waals surface area contributed by atoms with E-state index in [2.05, 4.69) is 0 Å². The summed E-state index contributed by atoms with van der Waals surface area (Å²) in [7, 11) is 0. The number of hydrogen-bond donors (Lipinski definition) is 2. The minimum Gasteiger partial charge on any atom is -0.480 e. The van der Waals surface area contributed by atoms with Gasteiger partial charge in [-0.15, -0.1) is 0 Å². The quantitative estimate of drug-likeness (QED) is 0.566. The lowest BCUT2D eigenvalue weighted by Gasteiger charge is -2.06. The van der Waals surface area contributed by atoms with Crippen LogP contribution in [-0.4, -0.2) is 30.3 Å². The number of carboxylic acid groups (broad SMARTS) is 1. The Bertz CT molecular complexity index is 105. The number of ether oxygens (including phenoxy) is 1. The largest absolute Gasteiger partial charge is 0.480 e. The van der Waals surface area contributed by atoms with Crippen molar-refractivity contribution in [2.75, 3.05) is 13.2 Å². The highest BCUT2D eigenvalue weighted by Crippen LogP contribution is 1.86. The Hall–Kier alpha value is -0.610. The average molecular weight is 147 g/mol. The molecule has 4 heteroatoms. The van der Waals surface area contributed by atoms with Gasteiger partial charge in [0.2, 0.25) is 0 Å². The summed E-state index contributed by atoms with van der Waals surface area (Å²) in [4.78, 5) is 9.90. The second kappa shape index (κ2) is 5.20. The van der Waals surface area contributed by atoms with E-state index in [1.807, 2.05) is 6.92 Å². The van der Waals surface area contributed by atoms with Gasteiger partial charge in [-0.05, 0) is 6.42 Å².